The van der Waals surface area contributed by atoms with E-state index in [4.69, 9.17) is 0 Å². The molecule has 0 amide bonds. The van der Waals surface area contributed by atoms with Crippen LogP contribution in [0.25, 0.3) is 6.08 Å². The number of hydrogen-bond donors (Lipinski definition) is 1. The zero-order valence-electron chi connectivity index (χ0n) is 8.43. The van der Waals surface area contributed by atoms with E-state index in [1.807, 2.05) is 60.8 Å². The van der Waals surface area contributed by atoms with Crippen LogP contribution in [-0.4, -0.2) is 0 Å². The van der Waals surface area contributed by atoms with E-state index in [-0.39, 0.29) is 0 Å². The van der Waals surface area contributed by atoms with Crippen molar-refractivity contribution in [2.24, 2.45) is 0 Å². The number of hydrogen-bond acceptors (Lipinski definition) is 1. The lowest BCUT2D eigenvalue weighted by Crippen LogP contribution is -1.85. The standard InChI is InChI=1S/C14H13N/c1-3-7-13(8-4-1)11-12-15-14-9-5-2-6-10-14/h1-12,15H/b12-11+. The lowest BCUT2D eigenvalue weighted by atomic mass is 10.2. The number of para-hydroxylation sites is 1. The summed E-state index contributed by atoms with van der Waals surface area (Å²) in [6.07, 6.45) is 4.00. The van der Waals surface area contributed by atoms with Crippen LogP contribution in [0.2, 0.25) is 0 Å². The van der Waals surface area contributed by atoms with Gasteiger partial charge in [0.25, 0.3) is 0 Å². The molecule has 0 heterocycles. The summed E-state index contributed by atoms with van der Waals surface area (Å²) in [7, 11) is 0. The molecule has 1 heteroatoms. The van der Waals surface area contributed by atoms with Gasteiger partial charge in [-0.05, 0) is 23.8 Å². The van der Waals surface area contributed by atoms with Crippen molar-refractivity contribution >= 4 is 11.8 Å². The fourth-order valence-corrected chi connectivity index (χ4v) is 1.33. The minimum atomic E-state index is 1.10. The summed E-state index contributed by atoms with van der Waals surface area (Å²) in [4.78, 5) is 0. The van der Waals surface area contributed by atoms with Crippen LogP contribution in [0.15, 0.2) is 66.9 Å². The fraction of sp³-hybridized carbons (Fsp3) is 0. The first kappa shape index (κ1) is 9.53. The Labute approximate surface area is 90.1 Å². The number of rotatable bonds is 3. The molecular formula is C14H13N. The normalized spacial score (nSPS) is 10.4. The molecule has 2 rings (SSSR count). The van der Waals surface area contributed by atoms with Crippen molar-refractivity contribution in [3.8, 4) is 0 Å². The maximum atomic E-state index is 3.21. The lowest BCUT2D eigenvalue weighted by Gasteiger charge is -1.98. The van der Waals surface area contributed by atoms with Gasteiger partial charge in [-0.25, -0.2) is 0 Å². The molecule has 0 bridgehead atoms. The molecule has 74 valence electrons. The van der Waals surface area contributed by atoms with E-state index in [1.165, 1.54) is 5.56 Å². The molecule has 0 atom stereocenters. The zero-order chi connectivity index (χ0) is 10.3. The third kappa shape index (κ3) is 2.99. The van der Waals surface area contributed by atoms with Crippen LogP contribution >= 0.6 is 0 Å². The van der Waals surface area contributed by atoms with Gasteiger partial charge in [0.1, 0.15) is 0 Å². The van der Waals surface area contributed by atoms with Crippen LogP contribution in [0.4, 0.5) is 5.69 Å². The Morgan fingerprint density at radius 2 is 1.33 bits per heavy atom. The number of anilines is 1. The van der Waals surface area contributed by atoms with Crippen molar-refractivity contribution in [2.45, 2.75) is 0 Å². The topological polar surface area (TPSA) is 12.0 Å². The molecule has 2 aromatic rings. The van der Waals surface area contributed by atoms with Gasteiger partial charge in [-0.15, -0.1) is 0 Å². The van der Waals surface area contributed by atoms with Crippen molar-refractivity contribution in [3.63, 3.8) is 0 Å². The monoisotopic (exact) mass is 195 g/mol. The molecule has 0 aliphatic rings. The van der Waals surface area contributed by atoms with Crippen molar-refractivity contribution in [2.75, 3.05) is 5.32 Å². The fourth-order valence-electron chi connectivity index (χ4n) is 1.33. The van der Waals surface area contributed by atoms with E-state index < -0.39 is 0 Å². The Hall–Kier alpha value is -2.02. The summed E-state index contributed by atoms with van der Waals surface area (Å²) in [5, 5.41) is 3.21. The molecule has 1 N–H and O–H groups in total. The molecule has 0 aliphatic heterocycles. The van der Waals surface area contributed by atoms with Gasteiger partial charge in [0.15, 0.2) is 0 Å². The highest BCUT2D eigenvalue weighted by atomic mass is 14.8. The molecule has 0 fully saturated rings. The smallest absolute Gasteiger partial charge is 0.0379 e. The summed E-state index contributed by atoms with van der Waals surface area (Å²) in [6.45, 7) is 0. The van der Waals surface area contributed by atoms with Crippen LogP contribution in [0.1, 0.15) is 5.56 Å². The third-order valence-corrected chi connectivity index (χ3v) is 2.10. The highest BCUT2D eigenvalue weighted by molar-refractivity contribution is 5.54. The molecule has 1 nitrogen and oxygen atoms in total. The Morgan fingerprint density at radius 1 is 0.733 bits per heavy atom. The van der Waals surface area contributed by atoms with Gasteiger partial charge >= 0.3 is 0 Å². The molecule has 0 spiro atoms. The first-order chi connectivity index (χ1) is 7.45. The predicted octanol–water partition coefficient (Wildman–Crippen LogP) is 3.77. The van der Waals surface area contributed by atoms with Gasteiger partial charge in [0, 0.05) is 11.9 Å². The van der Waals surface area contributed by atoms with Crippen LogP contribution in [0, 0.1) is 0 Å². The van der Waals surface area contributed by atoms with E-state index in [0.717, 1.165) is 5.69 Å². The third-order valence-electron chi connectivity index (χ3n) is 2.10. The second-order valence-corrected chi connectivity index (χ2v) is 3.25. The zero-order valence-corrected chi connectivity index (χ0v) is 8.43. The van der Waals surface area contributed by atoms with E-state index in [2.05, 4.69) is 17.4 Å². The molecule has 0 saturated heterocycles. The van der Waals surface area contributed by atoms with Crippen LogP contribution in [-0.2, 0) is 0 Å². The van der Waals surface area contributed by atoms with E-state index in [0.29, 0.717) is 0 Å². The maximum Gasteiger partial charge on any atom is 0.0379 e. The minimum absolute atomic E-state index is 1.10. The van der Waals surface area contributed by atoms with Gasteiger partial charge in [0.05, 0.1) is 0 Å². The minimum Gasteiger partial charge on any atom is -0.362 e. The Morgan fingerprint density at radius 3 is 2.00 bits per heavy atom. The van der Waals surface area contributed by atoms with Crippen LogP contribution in [0.5, 0.6) is 0 Å². The van der Waals surface area contributed by atoms with Gasteiger partial charge in [-0.1, -0.05) is 48.5 Å². The molecule has 2 aromatic carbocycles. The van der Waals surface area contributed by atoms with Gasteiger partial charge in [0.2, 0.25) is 0 Å². The quantitative estimate of drug-likeness (QED) is 0.786. The Kier molecular flexibility index (Phi) is 3.18. The average Bonchev–Trinajstić information content (AvgIpc) is 2.32. The van der Waals surface area contributed by atoms with Crippen molar-refractivity contribution in [1.29, 1.82) is 0 Å². The van der Waals surface area contributed by atoms with E-state index in [9.17, 15) is 0 Å². The Balaban J connectivity index is 1.97. The summed E-state index contributed by atoms with van der Waals surface area (Å²) < 4.78 is 0. The molecule has 0 aliphatic carbocycles. The molecule has 0 saturated carbocycles. The summed E-state index contributed by atoms with van der Waals surface area (Å²) >= 11 is 0. The summed E-state index contributed by atoms with van der Waals surface area (Å²) in [5.41, 5.74) is 2.30. The number of nitrogens with one attached hydrogen (secondary N) is 1. The van der Waals surface area contributed by atoms with Gasteiger partial charge in [-0.2, -0.15) is 0 Å². The molecule has 15 heavy (non-hydrogen) atoms. The summed E-state index contributed by atoms with van der Waals surface area (Å²) in [5.74, 6) is 0. The van der Waals surface area contributed by atoms with Crippen molar-refractivity contribution in [1.82, 2.24) is 0 Å². The predicted molar refractivity (Wildman–Crippen MR) is 65.5 cm³/mol. The Bertz CT molecular complexity index is 418. The van der Waals surface area contributed by atoms with E-state index >= 15 is 0 Å². The molecule has 0 unspecified atom stereocenters. The van der Waals surface area contributed by atoms with Gasteiger partial charge in [-0.3, -0.25) is 0 Å². The highest BCUT2D eigenvalue weighted by Crippen LogP contribution is 2.06. The highest BCUT2D eigenvalue weighted by Gasteiger charge is 1.84. The second kappa shape index (κ2) is 5.01. The maximum absolute atomic E-state index is 3.21. The van der Waals surface area contributed by atoms with E-state index in [1.54, 1.807) is 0 Å². The largest absolute Gasteiger partial charge is 0.362 e. The summed E-state index contributed by atoms with van der Waals surface area (Å²) in [6, 6.07) is 20.3. The van der Waals surface area contributed by atoms with Crippen LogP contribution in [0.3, 0.4) is 0 Å². The lowest BCUT2D eigenvalue weighted by molar-refractivity contribution is 1.58. The first-order valence-corrected chi connectivity index (χ1v) is 4.98. The number of benzene rings is 2. The van der Waals surface area contributed by atoms with Crippen molar-refractivity contribution in [3.05, 3.63) is 72.4 Å². The average molecular weight is 195 g/mol. The molecule has 0 aromatic heterocycles. The second-order valence-electron chi connectivity index (χ2n) is 3.25. The van der Waals surface area contributed by atoms with Crippen molar-refractivity contribution < 1.29 is 0 Å². The molecular weight excluding hydrogens is 182 g/mol. The first-order valence-electron chi connectivity index (χ1n) is 4.98. The SMILES string of the molecule is C(=C\c1ccccc1)/Nc1ccccc1. The van der Waals surface area contributed by atoms with Gasteiger partial charge < -0.3 is 5.32 Å². The molecule has 0 radical (unpaired) electrons. The van der Waals surface area contributed by atoms with Crippen LogP contribution < -0.4 is 5.32 Å².